The molecule has 0 saturated heterocycles. The third-order valence-electron chi connectivity index (χ3n) is 3.56. The fourth-order valence-corrected chi connectivity index (χ4v) is 2.25. The number of carbonyl (C=O) groups excluding carboxylic acids is 3. The average molecular weight is 398 g/mol. The minimum atomic E-state index is -0.757. The molecule has 3 amide bonds. The standard InChI is InChI=1S/C21H22N2O6/c1-3-28-18-7-5-4-6-15(18)8-13-20(25)29-14-19(24)23-21(26)22-16-9-11-17(27-2)12-10-16/h4-13H,3,14H2,1-2H3,(H2,22,23,24,26)/b13-8+. The third kappa shape index (κ3) is 7.37. The van der Waals surface area contributed by atoms with E-state index in [0.717, 1.165) is 0 Å². The smallest absolute Gasteiger partial charge is 0.331 e. The van der Waals surface area contributed by atoms with Crippen LogP contribution in [0.25, 0.3) is 6.08 Å². The number of methoxy groups -OCH3 is 1. The highest BCUT2D eigenvalue weighted by molar-refractivity contribution is 6.02. The molecule has 0 heterocycles. The molecule has 2 aromatic carbocycles. The van der Waals surface area contributed by atoms with Crippen molar-refractivity contribution in [2.45, 2.75) is 6.92 Å². The Kier molecular flexibility index (Phi) is 8.25. The van der Waals surface area contributed by atoms with Gasteiger partial charge in [0.05, 0.1) is 13.7 Å². The van der Waals surface area contributed by atoms with Gasteiger partial charge in [-0.05, 0) is 43.3 Å². The summed E-state index contributed by atoms with van der Waals surface area (Å²) in [5.41, 5.74) is 1.18. The quantitative estimate of drug-likeness (QED) is 0.523. The van der Waals surface area contributed by atoms with E-state index in [-0.39, 0.29) is 0 Å². The van der Waals surface area contributed by atoms with E-state index < -0.39 is 24.5 Å². The number of imide groups is 1. The number of ether oxygens (including phenoxy) is 3. The predicted octanol–water partition coefficient (Wildman–Crippen LogP) is 3.00. The molecule has 0 aliphatic carbocycles. The van der Waals surface area contributed by atoms with Gasteiger partial charge >= 0.3 is 12.0 Å². The molecule has 0 radical (unpaired) electrons. The number of anilines is 1. The number of hydrogen-bond acceptors (Lipinski definition) is 6. The van der Waals surface area contributed by atoms with E-state index in [2.05, 4.69) is 10.6 Å². The van der Waals surface area contributed by atoms with Gasteiger partial charge in [-0.1, -0.05) is 18.2 Å². The predicted molar refractivity (Wildman–Crippen MR) is 108 cm³/mol. The molecule has 0 saturated carbocycles. The van der Waals surface area contributed by atoms with Gasteiger partial charge in [-0.15, -0.1) is 0 Å². The minimum absolute atomic E-state index is 0.476. The van der Waals surface area contributed by atoms with E-state index >= 15 is 0 Å². The maximum absolute atomic E-state index is 11.8. The molecule has 29 heavy (non-hydrogen) atoms. The van der Waals surface area contributed by atoms with Crippen molar-refractivity contribution >= 4 is 29.7 Å². The fraction of sp³-hybridized carbons (Fsp3) is 0.190. The Balaban J connectivity index is 1.77. The Morgan fingerprint density at radius 1 is 1.03 bits per heavy atom. The van der Waals surface area contributed by atoms with Crippen LogP contribution >= 0.6 is 0 Å². The lowest BCUT2D eigenvalue weighted by Gasteiger charge is -2.08. The Morgan fingerprint density at radius 3 is 2.45 bits per heavy atom. The van der Waals surface area contributed by atoms with Gasteiger partial charge in [0.1, 0.15) is 11.5 Å². The van der Waals surface area contributed by atoms with Gasteiger partial charge < -0.3 is 19.5 Å². The normalized spacial score (nSPS) is 10.3. The van der Waals surface area contributed by atoms with Crippen molar-refractivity contribution < 1.29 is 28.6 Å². The van der Waals surface area contributed by atoms with Crippen LogP contribution in [0.1, 0.15) is 12.5 Å². The number of nitrogens with one attached hydrogen (secondary N) is 2. The maximum Gasteiger partial charge on any atom is 0.331 e. The summed E-state index contributed by atoms with van der Waals surface area (Å²) in [6.07, 6.45) is 2.71. The third-order valence-corrected chi connectivity index (χ3v) is 3.56. The minimum Gasteiger partial charge on any atom is -0.497 e. The Bertz CT molecular complexity index is 877. The monoisotopic (exact) mass is 398 g/mol. The van der Waals surface area contributed by atoms with Crippen LogP contribution in [0.3, 0.4) is 0 Å². The molecule has 0 unspecified atom stereocenters. The molecule has 0 aromatic heterocycles. The molecule has 2 aromatic rings. The molecule has 0 spiro atoms. The fourth-order valence-electron chi connectivity index (χ4n) is 2.25. The van der Waals surface area contributed by atoms with Crippen LogP contribution in [0.5, 0.6) is 11.5 Å². The van der Waals surface area contributed by atoms with Gasteiger partial charge in [-0.2, -0.15) is 0 Å². The van der Waals surface area contributed by atoms with Gasteiger partial charge in [-0.3, -0.25) is 10.1 Å². The SMILES string of the molecule is CCOc1ccccc1/C=C/C(=O)OCC(=O)NC(=O)Nc1ccc(OC)cc1. The van der Waals surface area contributed by atoms with Crippen LogP contribution in [0.15, 0.2) is 54.6 Å². The summed E-state index contributed by atoms with van der Waals surface area (Å²) >= 11 is 0. The molecule has 0 atom stereocenters. The van der Waals surface area contributed by atoms with Crippen molar-refractivity contribution in [3.8, 4) is 11.5 Å². The summed E-state index contributed by atoms with van der Waals surface area (Å²) in [5.74, 6) is -0.211. The zero-order valence-corrected chi connectivity index (χ0v) is 16.1. The molecule has 8 nitrogen and oxygen atoms in total. The molecular weight excluding hydrogens is 376 g/mol. The molecule has 2 rings (SSSR count). The Labute approximate surface area is 168 Å². The lowest BCUT2D eigenvalue weighted by atomic mass is 10.2. The summed E-state index contributed by atoms with van der Waals surface area (Å²) in [6.45, 7) is 1.76. The van der Waals surface area contributed by atoms with E-state index in [0.29, 0.717) is 29.4 Å². The summed E-state index contributed by atoms with van der Waals surface area (Å²) in [4.78, 5) is 35.3. The largest absolute Gasteiger partial charge is 0.497 e. The van der Waals surface area contributed by atoms with Crippen molar-refractivity contribution in [1.29, 1.82) is 0 Å². The highest BCUT2D eigenvalue weighted by Gasteiger charge is 2.10. The Morgan fingerprint density at radius 2 is 1.76 bits per heavy atom. The second kappa shape index (κ2) is 11.1. The second-order valence-corrected chi connectivity index (χ2v) is 5.64. The number of para-hydroxylation sites is 1. The van der Waals surface area contributed by atoms with Crippen LogP contribution in [-0.4, -0.2) is 38.2 Å². The zero-order chi connectivity index (χ0) is 21.1. The summed E-state index contributed by atoms with van der Waals surface area (Å²) in [6, 6.07) is 13.0. The molecule has 2 N–H and O–H groups in total. The number of hydrogen-bond donors (Lipinski definition) is 2. The topological polar surface area (TPSA) is 103 Å². The lowest BCUT2D eigenvalue weighted by Crippen LogP contribution is -2.37. The number of rotatable bonds is 8. The van der Waals surface area contributed by atoms with Crippen molar-refractivity contribution in [1.82, 2.24) is 5.32 Å². The second-order valence-electron chi connectivity index (χ2n) is 5.64. The van der Waals surface area contributed by atoms with E-state index in [4.69, 9.17) is 14.2 Å². The van der Waals surface area contributed by atoms with Gasteiger partial charge in [0, 0.05) is 17.3 Å². The first kappa shape index (κ1) is 21.5. The highest BCUT2D eigenvalue weighted by Crippen LogP contribution is 2.19. The van der Waals surface area contributed by atoms with E-state index in [1.807, 2.05) is 19.1 Å². The number of esters is 1. The van der Waals surface area contributed by atoms with Crippen LogP contribution < -0.4 is 20.1 Å². The van der Waals surface area contributed by atoms with Gasteiger partial charge in [-0.25, -0.2) is 9.59 Å². The first-order valence-electron chi connectivity index (χ1n) is 8.83. The molecule has 0 fully saturated rings. The number of benzene rings is 2. The van der Waals surface area contributed by atoms with E-state index in [9.17, 15) is 14.4 Å². The van der Waals surface area contributed by atoms with Gasteiger partial charge in [0.25, 0.3) is 5.91 Å². The number of amides is 3. The molecular formula is C21H22N2O6. The van der Waals surface area contributed by atoms with E-state index in [1.165, 1.54) is 19.3 Å². The zero-order valence-electron chi connectivity index (χ0n) is 16.1. The first-order valence-corrected chi connectivity index (χ1v) is 8.83. The summed E-state index contributed by atoms with van der Waals surface area (Å²) in [5, 5.41) is 4.55. The van der Waals surface area contributed by atoms with E-state index in [1.54, 1.807) is 36.4 Å². The maximum atomic E-state index is 11.8. The van der Waals surface area contributed by atoms with Gasteiger partial charge in [0.2, 0.25) is 0 Å². The van der Waals surface area contributed by atoms with Crippen molar-refractivity contribution in [2.24, 2.45) is 0 Å². The summed E-state index contributed by atoms with van der Waals surface area (Å²) in [7, 11) is 1.53. The Hall–Kier alpha value is -3.81. The first-order chi connectivity index (χ1) is 14.0. The van der Waals surface area contributed by atoms with Crippen LogP contribution in [0.4, 0.5) is 10.5 Å². The lowest BCUT2D eigenvalue weighted by molar-refractivity contribution is -0.143. The molecule has 0 aliphatic heterocycles. The van der Waals surface area contributed by atoms with Crippen molar-refractivity contribution in [3.63, 3.8) is 0 Å². The van der Waals surface area contributed by atoms with Crippen LogP contribution in [0, 0.1) is 0 Å². The van der Waals surface area contributed by atoms with Crippen molar-refractivity contribution in [2.75, 3.05) is 25.6 Å². The van der Waals surface area contributed by atoms with Crippen molar-refractivity contribution in [3.05, 3.63) is 60.2 Å². The van der Waals surface area contributed by atoms with Crippen LogP contribution in [-0.2, 0) is 14.3 Å². The number of carbonyl (C=O) groups is 3. The molecule has 152 valence electrons. The van der Waals surface area contributed by atoms with Crippen LogP contribution in [0.2, 0.25) is 0 Å². The number of urea groups is 1. The molecule has 0 aliphatic rings. The van der Waals surface area contributed by atoms with Gasteiger partial charge in [0.15, 0.2) is 6.61 Å². The highest BCUT2D eigenvalue weighted by atomic mass is 16.5. The molecule has 8 heteroatoms. The molecule has 0 bridgehead atoms. The summed E-state index contributed by atoms with van der Waals surface area (Å²) < 4.78 is 15.3. The average Bonchev–Trinajstić information content (AvgIpc) is 2.72.